The Morgan fingerprint density at radius 1 is 1.00 bits per heavy atom. The van der Waals surface area contributed by atoms with Crippen LogP contribution >= 0.6 is 12.2 Å². The molecular weight excluding hydrogens is 362 g/mol. The van der Waals surface area contributed by atoms with Gasteiger partial charge in [0.2, 0.25) is 5.91 Å². The maximum atomic E-state index is 12.1. The Kier molecular flexibility index (Phi) is 6.59. The number of nitrogens with one attached hydrogen (secondary N) is 3. The number of benzene rings is 2. The molecule has 1 fully saturated rings. The van der Waals surface area contributed by atoms with Crippen molar-refractivity contribution in [1.29, 1.82) is 0 Å². The second-order valence-corrected chi connectivity index (χ2v) is 7.03. The van der Waals surface area contributed by atoms with Crippen molar-refractivity contribution in [2.75, 3.05) is 6.61 Å². The standard InChI is InChI=1S/C20H23N3O3S/c24-18(13-26-17-11-10-14-6-4-5-9-16(14)12-17)22-23-20(27)21-19(25)15-7-2-1-3-8-15/h4-6,9-12,15H,1-3,7-8,13H2,(H,22,24)(H2,21,23,25,27). The molecule has 0 atom stereocenters. The molecule has 0 heterocycles. The molecule has 2 amide bonds. The van der Waals surface area contributed by atoms with Crippen molar-refractivity contribution in [3.8, 4) is 5.75 Å². The van der Waals surface area contributed by atoms with Crippen molar-refractivity contribution in [2.45, 2.75) is 32.1 Å². The summed E-state index contributed by atoms with van der Waals surface area (Å²) in [6, 6.07) is 13.6. The van der Waals surface area contributed by atoms with Gasteiger partial charge in [0.1, 0.15) is 5.75 Å². The zero-order valence-corrected chi connectivity index (χ0v) is 15.8. The van der Waals surface area contributed by atoms with Crippen molar-refractivity contribution in [2.24, 2.45) is 5.92 Å². The maximum absolute atomic E-state index is 12.1. The van der Waals surface area contributed by atoms with Crippen LogP contribution in [0.5, 0.6) is 5.75 Å². The van der Waals surface area contributed by atoms with Crippen molar-refractivity contribution >= 4 is 39.9 Å². The summed E-state index contributed by atoms with van der Waals surface area (Å²) >= 11 is 5.05. The molecule has 1 aliphatic rings. The van der Waals surface area contributed by atoms with Crippen molar-refractivity contribution in [1.82, 2.24) is 16.2 Å². The number of hydrazine groups is 1. The lowest BCUT2D eigenvalue weighted by Gasteiger charge is -2.21. The zero-order chi connectivity index (χ0) is 19.1. The van der Waals surface area contributed by atoms with E-state index in [0.29, 0.717) is 5.75 Å². The van der Waals surface area contributed by atoms with Crippen LogP contribution in [-0.2, 0) is 9.59 Å². The lowest BCUT2D eigenvalue weighted by atomic mass is 9.89. The van der Waals surface area contributed by atoms with E-state index in [-0.39, 0.29) is 23.5 Å². The summed E-state index contributed by atoms with van der Waals surface area (Å²) in [7, 11) is 0. The van der Waals surface area contributed by atoms with Crippen LogP contribution < -0.4 is 20.9 Å². The number of ether oxygens (including phenoxy) is 1. The normalized spacial score (nSPS) is 14.4. The van der Waals surface area contributed by atoms with Gasteiger partial charge in [0.15, 0.2) is 11.7 Å². The van der Waals surface area contributed by atoms with E-state index in [1.807, 2.05) is 42.5 Å². The molecule has 0 unspecified atom stereocenters. The highest BCUT2D eigenvalue weighted by molar-refractivity contribution is 7.80. The van der Waals surface area contributed by atoms with Crippen LogP contribution in [0.3, 0.4) is 0 Å². The Morgan fingerprint density at radius 3 is 2.52 bits per heavy atom. The molecule has 1 saturated carbocycles. The number of fused-ring (bicyclic) bond motifs is 1. The lowest BCUT2D eigenvalue weighted by Crippen LogP contribution is -2.50. The molecular formula is C20H23N3O3S. The van der Waals surface area contributed by atoms with Crippen LogP contribution in [0.2, 0.25) is 0 Å². The minimum atomic E-state index is -0.391. The van der Waals surface area contributed by atoms with E-state index in [1.54, 1.807) is 0 Å². The van der Waals surface area contributed by atoms with Gasteiger partial charge in [-0.3, -0.25) is 20.4 Å². The third-order valence-corrected chi connectivity index (χ3v) is 4.82. The zero-order valence-electron chi connectivity index (χ0n) is 15.0. The maximum Gasteiger partial charge on any atom is 0.276 e. The summed E-state index contributed by atoms with van der Waals surface area (Å²) < 4.78 is 5.50. The van der Waals surface area contributed by atoms with E-state index in [1.165, 1.54) is 6.42 Å². The third kappa shape index (κ3) is 5.65. The molecule has 7 heteroatoms. The average molecular weight is 385 g/mol. The van der Waals surface area contributed by atoms with Crippen LogP contribution in [0.25, 0.3) is 10.8 Å². The Labute approximate surface area is 163 Å². The van der Waals surface area contributed by atoms with Gasteiger partial charge in [0.25, 0.3) is 5.91 Å². The molecule has 3 N–H and O–H groups in total. The molecule has 0 bridgehead atoms. The topological polar surface area (TPSA) is 79.5 Å². The molecule has 2 aromatic carbocycles. The fraction of sp³-hybridized carbons (Fsp3) is 0.350. The number of amides is 2. The average Bonchev–Trinajstić information content (AvgIpc) is 2.71. The van der Waals surface area contributed by atoms with Gasteiger partial charge in [-0.2, -0.15) is 0 Å². The van der Waals surface area contributed by atoms with Crippen LogP contribution in [0, 0.1) is 5.92 Å². The predicted octanol–water partition coefficient (Wildman–Crippen LogP) is 2.82. The molecule has 0 saturated heterocycles. The molecule has 0 aromatic heterocycles. The molecule has 142 valence electrons. The molecule has 27 heavy (non-hydrogen) atoms. The highest BCUT2D eigenvalue weighted by Gasteiger charge is 2.21. The lowest BCUT2D eigenvalue weighted by molar-refractivity contribution is -0.125. The van der Waals surface area contributed by atoms with Crippen LogP contribution in [0.1, 0.15) is 32.1 Å². The van der Waals surface area contributed by atoms with Gasteiger partial charge in [0, 0.05) is 5.92 Å². The Morgan fingerprint density at radius 2 is 1.74 bits per heavy atom. The highest BCUT2D eigenvalue weighted by Crippen LogP contribution is 2.23. The minimum absolute atomic E-state index is 0.00504. The number of hydrogen-bond acceptors (Lipinski definition) is 4. The number of thiocarbonyl (C=S) groups is 1. The molecule has 0 spiro atoms. The first-order chi connectivity index (χ1) is 13.1. The number of carbonyl (C=O) groups excluding carboxylic acids is 2. The van der Waals surface area contributed by atoms with Gasteiger partial charge in [-0.15, -0.1) is 0 Å². The van der Waals surface area contributed by atoms with Crippen molar-refractivity contribution in [3.63, 3.8) is 0 Å². The first-order valence-corrected chi connectivity index (χ1v) is 9.54. The fourth-order valence-corrected chi connectivity index (χ4v) is 3.33. The van der Waals surface area contributed by atoms with Gasteiger partial charge in [0.05, 0.1) is 0 Å². The van der Waals surface area contributed by atoms with E-state index in [4.69, 9.17) is 17.0 Å². The summed E-state index contributed by atoms with van der Waals surface area (Å²) in [6.45, 7) is -0.162. The Hall–Kier alpha value is -2.67. The summed E-state index contributed by atoms with van der Waals surface area (Å²) in [6.07, 6.45) is 5.10. The first kappa shape index (κ1) is 19.1. The molecule has 3 rings (SSSR count). The van der Waals surface area contributed by atoms with Crippen molar-refractivity contribution < 1.29 is 14.3 Å². The molecule has 2 aromatic rings. The predicted molar refractivity (Wildman–Crippen MR) is 108 cm³/mol. The van der Waals surface area contributed by atoms with Gasteiger partial charge >= 0.3 is 0 Å². The number of rotatable bonds is 4. The minimum Gasteiger partial charge on any atom is -0.484 e. The smallest absolute Gasteiger partial charge is 0.276 e. The first-order valence-electron chi connectivity index (χ1n) is 9.13. The van der Waals surface area contributed by atoms with Gasteiger partial charge in [-0.1, -0.05) is 49.6 Å². The monoisotopic (exact) mass is 385 g/mol. The molecule has 1 aliphatic carbocycles. The highest BCUT2D eigenvalue weighted by atomic mass is 32.1. The van der Waals surface area contributed by atoms with E-state index in [0.717, 1.165) is 36.5 Å². The van der Waals surface area contributed by atoms with Gasteiger partial charge in [-0.25, -0.2) is 0 Å². The number of hydrogen-bond donors (Lipinski definition) is 3. The van der Waals surface area contributed by atoms with Crippen LogP contribution in [0.15, 0.2) is 42.5 Å². The summed E-state index contributed by atoms with van der Waals surface area (Å²) in [5.41, 5.74) is 4.97. The SMILES string of the molecule is O=C(COc1ccc2ccccc2c1)NNC(=S)NC(=O)C1CCCCC1. The van der Waals surface area contributed by atoms with Crippen LogP contribution in [0.4, 0.5) is 0 Å². The molecule has 0 aliphatic heterocycles. The molecule has 0 radical (unpaired) electrons. The Bertz CT molecular complexity index is 834. The Balaban J connectivity index is 1.39. The van der Waals surface area contributed by atoms with E-state index in [9.17, 15) is 9.59 Å². The largest absolute Gasteiger partial charge is 0.484 e. The second kappa shape index (κ2) is 9.32. The van der Waals surface area contributed by atoms with E-state index < -0.39 is 5.91 Å². The second-order valence-electron chi connectivity index (χ2n) is 6.62. The summed E-state index contributed by atoms with van der Waals surface area (Å²) in [4.78, 5) is 24.0. The fourth-order valence-electron chi connectivity index (χ4n) is 3.18. The van der Waals surface area contributed by atoms with Crippen molar-refractivity contribution in [3.05, 3.63) is 42.5 Å². The molecule has 6 nitrogen and oxygen atoms in total. The van der Waals surface area contributed by atoms with Crippen LogP contribution in [-0.4, -0.2) is 23.5 Å². The number of carbonyl (C=O) groups is 2. The van der Waals surface area contributed by atoms with Gasteiger partial charge < -0.3 is 10.1 Å². The van der Waals surface area contributed by atoms with Gasteiger partial charge in [-0.05, 0) is 48.0 Å². The quantitative estimate of drug-likeness (QED) is 0.557. The third-order valence-electron chi connectivity index (χ3n) is 4.62. The van der Waals surface area contributed by atoms with E-state index in [2.05, 4.69) is 16.2 Å². The summed E-state index contributed by atoms with van der Waals surface area (Å²) in [5.74, 6) is 0.133. The van der Waals surface area contributed by atoms with E-state index >= 15 is 0 Å². The summed E-state index contributed by atoms with van der Waals surface area (Å²) in [5, 5.41) is 4.86.